The number of hydrogen-bond donors (Lipinski definition) is 0. The lowest BCUT2D eigenvalue weighted by molar-refractivity contribution is -0.139. The van der Waals surface area contributed by atoms with Gasteiger partial charge in [0.15, 0.2) is 0 Å². The molecule has 1 aromatic rings. The van der Waals surface area contributed by atoms with Gasteiger partial charge in [-0.2, -0.15) is 0 Å². The van der Waals surface area contributed by atoms with Crippen LogP contribution >= 0.6 is 0 Å². The number of hydrogen-bond acceptors (Lipinski definition) is 3. The summed E-state index contributed by atoms with van der Waals surface area (Å²) in [5.74, 6) is 0.0324. The van der Waals surface area contributed by atoms with Crippen molar-refractivity contribution < 1.29 is 14.3 Å². The van der Waals surface area contributed by atoms with Gasteiger partial charge in [0.25, 0.3) is 5.91 Å². The van der Waals surface area contributed by atoms with Crippen LogP contribution in [-0.2, 0) is 14.9 Å². The molecule has 2 saturated heterocycles. The number of benzene rings is 1. The van der Waals surface area contributed by atoms with Crippen molar-refractivity contribution in [3.8, 4) is 0 Å². The van der Waals surface area contributed by atoms with Crippen molar-refractivity contribution in [2.75, 3.05) is 32.8 Å². The van der Waals surface area contributed by atoms with Crippen molar-refractivity contribution in [2.24, 2.45) is 0 Å². The quantitative estimate of drug-likeness (QED) is 0.828. The van der Waals surface area contributed by atoms with E-state index in [9.17, 15) is 9.59 Å². The van der Waals surface area contributed by atoms with Gasteiger partial charge in [-0.3, -0.25) is 9.59 Å². The van der Waals surface area contributed by atoms with Gasteiger partial charge in [-0.1, -0.05) is 32.9 Å². The molecule has 0 radical (unpaired) electrons. The van der Waals surface area contributed by atoms with Gasteiger partial charge in [0.05, 0.1) is 13.2 Å². The highest BCUT2D eigenvalue weighted by atomic mass is 16.5. The van der Waals surface area contributed by atoms with Crippen molar-refractivity contribution in [1.82, 2.24) is 9.80 Å². The molecule has 2 amide bonds. The number of rotatable bonds is 2. The first-order valence-corrected chi connectivity index (χ1v) is 9.16. The molecule has 3 rings (SSSR count). The molecule has 5 nitrogen and oxygen atoms in total. The molecule has 0 aliphatic carbocycles. The molecule has 0 N–H and O–H groups in total. The summed E-state index contributed by atoms with van der Waals surface area (Å²) in [5, 5.41) is 0. The molecule has 1 atom stereocenters. The van der Waals surface area contributed by atoms with Crippen LogP contribution in [0.2, 0.25) is 0 Å². The minimum atomic E-state index is -0.326. The van der Waals surface area contributed by atoms with Crippen LogP contribution in [0.4, 0.5) is 0 Å². The number of morpholine rings is 1. The van der Waals surface area contributed by atoms with Crippen LogP contribution in [0, 0.1) is 0 Å². The molecule has 0 bridgehead atoms. The van der Waals surface area contributed by atoms with Crippen LogP contribution in [0.5, 0.6) is 0 Å². The van der Waals surface area contributed by atoms with Gasteiger partial charge in [-0.05, 0) is 36.0 Å². The summed E-state index contributed by atoms with van der Waals surface area (Å²) < 4.78 is 5.32. The van der Waals surface area contributed by atoms with E-state index in [1.807, 2.05) is 29.2 Å². The third-order valence-electron chi connectivity index (χ3n) is 5.12. The number of ether oxygens (including phenoxy) is 1. The van der Waals surface area contributed by atoms with Crippen molar-refractivity contribution in [3.05, 3.63) is 35.4 Å². The van der Waals surface area contributed by atoms with Gasteiger partial charge in [0.2, 0.25) is 5.91 Å². The third kappa shape index (κ3) is 3.87. The molecule has 5 heteroatoms. The molecular formula is C20H28N2O3. The van der Waals surface area contributed by atoms with Gasteiger partial charge in [0, 0.05) is 25.2 Å². The summed E-state index contributed by atoms with van der Waals surface area (Å²) in [6.45, 7) is 9.53. The van der Waals surface area contributed by atoms with Crippen LogP contribution in [0.25, 0.3) is 0 Å². The second-order valence-corrected chi connectivity index (χ2v) is 7.92. The van der Waals surface area contributed by atoms with E-state index in [1.54, 1.807) is 4.90 Å². The third-order valence-corrected chi connectivity index (χ3v) is 5.12. The minimum absolute atomic E-state index is 0.0374. The molecule has 0 aromatic heterocycles. The lowest BCUT2D eigenvalue weighted by atomic mass is 9.86. The maximum Gasteiger partial charge on any atom is 0.254 e. The van der Waals surface area contributed by atoms with Crippen molar-refractivity contribution in [3.63, 3.8) is 0 Å². The molecule has 2 aliphatic rings. The Morgan fingerprint density at radius 2 is 1.68 bits per heavy atom. The molecule has 0 saturated carbocycles. The average Bonchev–Trinajstić information content (AvgIpc) is 3.10. The Morgan fingerprint density at radius 3 is 2.28 bits per heavy atom. The number of nitrogens with zero attached hydrogens (tertiary/aromatic N) is 2. The van der Waals surface area contributed by atoms with Crippen LogP contribution in [0.3, 0.4) is 0 Å². The van der Waals surface area contributed by atoms with E-state index < -0.39 is 0 Å². The smallest absolute Gasteiger partial charge is 0.254 e. The molecule has 2 heterocycles. The fraction of sp³-hybridized carbons (Fsp3) is 0.600. The van der Waals surface area contributed by atoms with Crippen LogP contribution in [0.1, 0.15) is 49.5 Å². The normalized spacial score (nSPS) is 21.5. The predicted molar refractivity (Wildman–Crippen MR) is 96.6 cm³/mol. The lowest BCUT2D eigenvalue weighted by Crippen LogP contribution is -2.51. The van der Waals surface area contributed by atoms with E-state index in [-0.39, 0.29) is 23.3 Å². The van der Waals surface area contributed by atoms with Gasteiger partial charge in [0.1, 0.15) is 6.04 Å². The highest BCUT2D eigenvalue weighted by Gasteiger charge is 2.37. The SMILES string of the molecule is CC(C)(C)c1ccc(C(=O)N2CCC[C@@H]2C(=O)N2CCOCC2)cc1. The van der Waals surface area contributed by atoms with Gasteiger partial charge in [-0.25, -0.2) is 0 Å². The van der Waals surface area contributed by atoms with Gasteiger partial charge >= 0.3 is 0 Å². The lowest BCUT2D eigenvalue weighted by Gasteiger charge is -2.32. The van der Waals surface area contributed by atoms with Gasteiger partial charge < -0.3 is 14.5 Å². The molecule has 1 aromatic carbocycles. The summed E-state index contributed by atoms with van der Waals surface area (Å²) in [7, 11) is 0. The maximum absolute atomic E-state index is 12.9. The van der Waals surface area contributed by atoms with Crippen molar-refractivity contribution in [1.29, 1.82) is 0 Å². The molecule has 136 valence electrons. The molecule has 0 unspecified atom stereocenters. The fourth-order valence-corrected chi connectivity index (χ4v) is 3.54. The monoisotopic (exact) mass is 344 g/mol. The van der Waals surface area contributed by atoms with E-state index in [4.69, 9.17) is 4.74 Å². The Hall–Kier alpha value is -1.88. The standard InChI is InChI=1S/C20H28N2O3/c1-20(2,3)16-8-6-15(7-9-16)18(23)22-10-4-5-17(22)19(24)21-11-13-25-14-12-21/h6-9,17H,4-5,10-14H2,1-3H3/t17-/m1/s1. The minimum Gasteiger partial charge on any atom is -0.378 e. The van der Waals surface area contributed by atoms with Gasteiger partial charge in [-0.15, -0.1) is 0 Å². The largest absolute Gasteiger partial charge is 0.378 e. The maximum atomic E-state index is 12.9. The van der Waals surface area contributed by atoms with E-state index in [1.165, 1.54) is 5.56 Å². The zero-order valence-electron chi connectivity index (χ0n) is 15.5. The van der Waals surface area contributed by atoms with E-state index >= 15 is 0 Å². The first kappa shape index (κ1) is 17.9. The Labute approximate surface area is 149 Å². The number of carbonyl (C=O) groups excluding carboxylic acids is 2. The summed E-state index contributed by atoms with van der Waals surface area (Å²) in [6, 6.07) is 7.48. The molecule has 25 heavy (non-hydrogen) atoms. The molecule has 2 aliphatic heterocycles. The number of amides is 2. The van der Waals surface area contributed by atoms with E-state index in [0.717, 1.165) is 12.8 Å². The highest BCUT2D eigenvalue weighted by Crippen LogP contribution is 2.25. The van der Waals surface area contributed by atoms with Crippen molar-refractivity contribution in [2.45, 2.75) is 45.1 Å². The van der Waals surface area contributed by atoms with Crippen LogP contribution in [0.15, 0.2) is 24.3 Å². The van der Waals surface area contributed by atoms with Crippen molar-refractivity contribution >= 4 is 11.8 Å². The average molecular weight is 344 g/mol. The molecule has 2 fully saturated rings. The first-order valence-electron chi connectivity index (χ1n) is 9.16. The second-order valence-electron chi connectivity index (χ2n) is 7.92. The zero-order chi connectivity index (χ0) is 18.0. The zero-order valence-corrected chi connectivity index (χ0v) is 15.5. The van der Waals surface area contributed by atoms with Crippen LogP contribution < -0.4 is 0 Å². The molecule has 0 spiro atoms. The summed E-state index contributed by atoms with van der Waals surface area (Å²) >= 11 is 0. The summed E-state index contributed by atoms with van der Waals surface area (Å²) in [6.07, 6.45) is 1.63. The van der Waals surface area contributed by atoms with Crippen LogP contribution in [-0.4, -0.2) is 60.5 Å². The highest BCUT2D eigenvalue weighted by molar-refractivity contribution is 5.98. The van der Waals surface area contributed by atoms with E-state index in [2.05, 4.69) is 20.8 Å². The molecular weight excluding hydrogens is 316 g/mol. The van der Waals surface area contributed by atoms with E-state index in [0.29, 0.717) is 38.4 Å². The second kappa shape index (κ2) is 7.16. The fourth-order valence-electron chi connectivity index (χ4n) is 3.54. The summed E-state index contributed by atoms with van der Waals surface area (Å²) in [4.78, 5) is 29.3. The number of likely N-dealkylation sites (tertiary alicyclic amines) is 1. The summed E-state index contributed by atoms with van der Waals surface area (Å²) in [5.41, 5.74) is 1.92. The Kier molecular flexibility index (Phi) is 5.13. The first-order chi connectivity index (χ1) is 11.9. The predicted octanol–water partition coefficient (Wildman–Crippen LogP) is 2.45. The Balaban J connectivity index is 1.73. The topological polar surface area (TPSA) is 49.9 Å². The Bertz CT molecular complexity index is 627. The number of carbonyl (C=O) groups is 2. The Morgan fingerprint density at radius 1 is 1.04 bits per heavy atom.